The van der Waals surface area contributed by atoms with E-state index in [4.69, 9.17) is 9.78 Å². The van der Waals surface area contributed by atoms with Gasteiger partial charge in [-0.15, -0.1) is 0 Å². The number of carbonyl (C=O) groups is 2. The quantitative estimate of drug-likeness (QED) is 0.326. The molecule has 0 fully saturated rings. The molecule has 2 N–H and O–H groups in total. The minimum atomic E-state index is -1.04. The van der Waals surface area contributed by atoms with Gasteiger partial charge in [0.2, 0.25) is 5.91 Å². The van der Waals surface area contributed by atoms with Gasteiger partial charge in [-0.25, -0.2) is 9.78 Å². The Kier molecular flexibility index (Phi) is 8.58. The van der Waals surface area contributed by atoms with Crippen molar-refractivity contribution >= 4 is 17.6 Å². The summed E-state index contributed by atoms with van der Waals surface area (Å²) in [4.78, 5) is 36.5. The summed E-state index contributed by atoms with van der Waals surface area (Å²) in [6.07, 6.45) is 2.86. The molecule has 2 atom stereocenters. The van der Waals surface area contributed by atoms with Crippen molar-refractivity contribution in [1.29, 1.82) is 0 Å². The zero-order valence-corrected chi connectivity index (χ0v) is 17.8. The number of rotatable bonds is 11. The molecular weight excluding hydrogens is 396 g/mol. The van der Waals surface area contributed by atoms with Crippen molar-refractivity contribution in [1.82, 2.24) is 5.32 Å². The SMILES string of the molecule is CCOOCC(CCc1ccccc1)N[C@H]1CCc2ccccc2N(CC(=O)O)C1=O. The molecule has 1 unspecified atom stereocenters. The molecule has 1 amide bonds. The number of amides is 1. The maximum Gasteiger partial charge on any atom is 0.323 e. The van der Waals surface area contributed by atoms with Crippen molar-refractivity contribution in [3.05, 3.63) is 65.7 Å². The van der Waals surface area contributed by atoms with Crippen molar-refractivity contribution < 1.29 is 24.5 Å². The molecule has 31 heavy (non-hydrogen) atoms. The van der Waals surface area contributed by atoms with Gasteiger partial charge in [0, 0.05) is 11.7 Å². The lowest BCUT2D eigenvalue weighted by Gasteiger charge is -2.28. The highest BCUT2D eigenvalue weighted by Crippen LogP contribution is 2.27. The first-order chi connectivity index (χ1) is 15.1. The molecule has 1 aliphatic heterocycles. The molecule has 1 heterocycles. The molecule has 7 nitrogen and oxygen atoms in total. The van der Waals surface area contributed by atoms with Gasteiger partial charge in [0.15, 0.2) is 0 Å². The molecule has 0 aromatic heterocycles. The molecule has 0 aliphatic carbocycles. The minimum Gasteiger partial charge on any atom is -0.480 e. The van der Waals surface area contributed by atoms with E-state index in [1.165, 1.54) is 10.5 Å². The van der Waals surface area contributed by atoms with Crippen molar-refractivity contribution in [2.45, 2.75) is 44.7 Å². The second-order valence-electron chi connectivity index (χ2n) is 7.62. The molecule has 1 aliphatic rings. The molecule has 0 radical (unpaired) electrons. The number of aryl methyl sites for hydroxylation is 2. The number of carboxylic acid groups (broad SMARTS) is 1. The number of nitrogens with zero attached hydrogens (tertiary/aromatic N) is 1. The van der Waals surface area contributed by atoms with Crippen LogP contribution in [-0.2, 0) is 32.2 Å². The van der Waals surface area contributed by atoms with E-state index in [9.17, 15) is 14.7 Å². The average molecular weight is 427 g/mol. The maximum atomic E-state index is 13.3. The Morgan fingerprint density at radius 1 is 1.16 bits per heavy atom. The van der Waals surface area contributed by atoms with E-state index in [0.29, 0.717) is 31.7 Å². The van der Waals surface area contributed by atoms with E-state index >= 15 is 0 Å². The minimum absolute atomic E-state index is 0.117. The van der Waals surface area contributed by atoms with Gasteiger partial charge in [-0.3, -0.25) is 14.5 Å². The summed E-state index contributed by atoms with van der Waals surface area (Å²) in [5.41, 5.74) is 2.86. The summed E-state index contributed by atoms with van der Waals surface area (Å²) < 4.78 is 0. The Morgan fingerprint density at radius 3 is 2.65 bits per heavy atom. The molecular formula is C24H30N2O5. The smallest absolute Gasteiger partial charge is 0.323 e. The lowest BCUT2D eigenvalue weighted by molar-refractivity contribution is -0.294. The molecule has 0 saturated carbocycles. The summed E-state index contributed by atoms with van der Waals surface area (Å²) >= 11 is 0. The molecule has 0 bridgehead atoms. The summed E-state index contributed by atoms with van der Waals surface area (Å²) in [6.45, 7) is 2.23. The number of nitrogens with one attached hydrogen (secondary N) is 1. The van der Waals surface area contributed by atoms with Crippen molar-refractivity contribution in [2.24, 2.45) is 0 Å². The van der Waals surface area contributed by atoms with Crippen molar-refractivity contribution in [2.75, 3.05) is 24.7 Å². The molecule has 2 aromatic rings. The number of anilines is 1. The number of fused-ring (bicyclic) bond motifs is 1. The van der Waals surface area contributed by atoms with Crippen LogP contribution >= 0.6 is 0 Å². The van der Waals surface area contributed by atoms with Crippen LogP contribution in [0.25, 0.3) is 0 Å². The Morgan fingerprint density at radius 2 is 1.90 bits per heavy atom. The fraction of sp³-hybridized carbons (Fsp3) is 0.417. The van der Waals surface area contributed by atoms with Crippen LogP contribution < -0.4 is 10.2 Å². The van der Waals surface area contributed by atoms with E-state index in [2.05, 4.69) is 17.4 Å². The highest BCUT2D eigenvalue weighted by molar-refractivity contribution is 6.01. The van der Waals surface area contributed by atoms with Gasteiger partial charge < -0.3 is 10.4 Å². The number of hydrogen-bond donors (Lipinski definition) is 2. The highest BCUT2D eigenvalue weighted by Gasteiger charge is 2.32. The van der Waals surface area contributed by atoms with Crippen molar-refractivity contribution in [3.8, 4) is 0 Å². The number of carbonyl (C=O) groups excluding carboxylic acids is 1. The lowest BCUT2D eigenvalue weighted by atomic mass is 10.0. The first-order valence-corrected chi connectivity index (χ1v) is 10.7. The molecule has 7 heteroatoms. The number of para-hydroxylation sites is 1. The Hall–Kier alpha value is -2.74. The second-order valence-corrected chi connectivity index (χ2v) is 7.62. The van der Waals surface area contributed by atoms with E-state index in [0.717, 1.165) is 18.4 Å². The topological polar surface area (TPSA) is 88.1 Å². The lowest BCUT2D eigenvalue weighted by Crippen LogP contribution is -2.51. The Labute approximate surface area is 182 Å². The van der Waals surface area contributed by atoms with Gasteiger partial charge in [-0.05, 0) is 49.8 Å². The molecule has 3 rings (SSSR count). The average Bonchev–Trinajstić information content (AvgIpc) is 2.90. The van der Waals surface area contributed by atoms with Crippen LogP contribution in [0.3, 0.4) is 0 Å². The van der Waals surface area contributed by atoms with Crippen LogP contribution in [0.1, 0.15) is 30.9 Å². The van der Waals surface area contributed by atoms with Gasteiger partial charge in [0.25, 0.3) is 0 Å². The summed E-state index contributed by atoms with van der Waals surface area (Å²) in [5, 5.41) is 12.8. The fourth-order valence-electron chi connectivity index (χ4n) is 3.87. The summed E-state index contributed by atoms with van der Waals surface area (Å²) in [6, 6.07) is 17.0. The van der Waals surface area contributed by atoms with Crippen LogP contribution in [0, 0.1) is 0 Å². The largest absolute Gasteiger partial charge is 0.480 e. The van der Waals surface area contributed by atoms with Crippen molar-refractivity contribution in [3.63, 3.8) is 0 Å². The van der Waals surface area contributed by atoms with Gasteiger partial charge in [0.1, 0.15) is 6.54 Å². The zero-order chi connectivity index (χ0) is 22.1. The van der Waals surface area contributed by atoms with Crippen LogP contribution in [0.2, 0.25) is 0 Å². The normalized spacial score (nSPS) is 17.1. The third-order valence-electron chi connectivity index (χ3n) is 5.37. The van der Waals surface area contributed by atoms with Gasteiger partial charge in [0.05, 0.1) is 19.3 Å². The predicted octanol–water partition coefficient (Wildman–Crippen LogP) is 2.98. The molecule has 166 valence electrons. The first-order valence-electron chi connectivity index (χ1n) is 10.7. The van der Waals surface area contributed by atoms with Crippen LogP contribution in [0.4, 0.5) is 5.69 Å². The standard InChI is InChI=1S/C24H30N2O5/c1-2-30-31-17-20(14-12-18-8-4-3-5-9-18)25-21-15-13-19-10-6-7-11-22(19)26(24(21)29)16-23(27)28/h3-11,20-21,25H,2,12-17H2,1H3,(H,27,28)/t20?,21-/m0/s1. The van der Waals surface area contributed by atoms with Gasteiger partial charge in [-0.1, -0.05) is 48.5 Å². The van der Waals surface area contributed by atoms with E-state index in [-0.39, 0.29) is 18.5 Å². The fourth-order valence-corrected chi connectivity index (χ4v) is 3.87. The van der Waals surface area contributed by atoms with Crippen LogP contribution in [-0.4, -0.2) is 48.8 Å². The number of hydrogen-bond acceptors (Lipinski definition) is 5. The zero-order valence-electron chi connectivity index (χ0n) is 17.8. The Bertz CT molecular complexity index is 858. The van der Waals surface area contributed by atoms with Crippen LogP contribution in [0.15, 0.2) is 54.6 Å². The number of carboxylic acids is 1. The summed E-state index contributed by atoms with van der Waals surface area (Å²) in [7, 11) is 0. The third kappa shape index (κ3) is 6.62. The van der Waals surface area contributed by atoms with E-state index in [1.807, 2.05) is 49.4 Å². The van der Waals surface area contributed by atoms with E-state index < -0.39 is 12.0 Å². The number of benzene rings is 2. The highest BCUT2D eigenvalue weighted by atomic mass is 17.2. The van der Waals surface area contributed by atoms with Crippen LogP contribution in [0.5, 0.6) is 0 Å². The maximum absolute atomic E-state index is 13.3. The predicted molar refractivity (Wildman–Crippen MR) is 118 cm³/mol. The third-order valence-corrected chi connectivity index (χ3v) is 5.37. The Balaban J connectivity index is 1.74. The summed E-state index contributed by atoms with van der Waals surface area (Å²) in [5.74, 6) is -1.27. The van der Waals surface area contributed by atoms with Gasteiger partial charge in [-0.2, -0.15) is 0 Å². The van der Waals surface area contributed by atoms with Gasteiger partial charge >= 0.3 is 5.97 Å². The monoisotopic (exact) mass is 426 g/mol. The number of aliphatic carboxylic acids is 1. The molecule has 0 spiro atoms. The molecule has 0 saturated heterocycles. The first kappa shape index (κ1) is 22.9. The molecule has 2 aromatic carbocycles. The second kappa shape index (κ2) is 11.6. The van der Waals surface area contributed by atoms with E-state index in [1.54, 1.807) is 0 Å².